The number of carbonyl (C=O) groups is 1. The van der Waals surface area contributed by atoms with Crippen molar-refractivity contribution < 1.29 is 32.5 Å². The molecule has 10 heteroatoms. The number of hydrogen-bond acceptors (Lipinski definition) is 6. The number of alkyl halides is 3. The van der Waals surface area contributed by atoms with E-state index in [9.17, 15) is 8.78 Å². The Kier molecular flexibility index (Phi) is 9.29. The molecule has 2 unspecified atom stereocenters. The molecule has 2 fully saturated rings. The van der Waals surface area contributed by atoms with Crippen LogP contribution < -0.4 is 4.74 Å². The number of likely N-dealkylation sites (tertiary alicyclic amines) is 1. The van der Waals surface area contributed by atoms with Gasteiger partial charge in [-0.3, -0.25) is 9.69 Å². The molecule has 1 aromatic heterocycles. The summed E-state index contributed by atoms with van der Waals surface area (Å²) in [6.07, 6.45) is 3.32. The summed E-state index contributed by atoms with van der Waals surface area (Å²) in [4.78, 5) is 16.4. The number of halogens is 3. The Hall–Kier alpha value is -2.17. The van der Waals surface area contributed by atoms with Crippen LogP contribution in [0.1, 0.15) is 51.0 Å². The number of benzene rings is 1. The van der Waals surface area contributed by atoms with E-state index < -0.39 is 12.3 Å². The molecule has 4 rings (SSSR count). The molecule has 1 aromatic carbocycles. The van der Waals surface area contributed by atoms with Gasteiger partial charge in [-0.15, -0.1) is 11.3 Å². The van der Waals surface area contributed by atoms with Gasteiger partial charge in [0, 0.05) is 30.7 Å². The van der Waals surface area contributed by atoms with Gasteiger partial charge < -0.3 is 14.6 Å². The van der Waals surface area contributed by atoms with Crippen molar-refractivity contribution in [1.82, 2.24) is 9.88 Å². The number of thiazole rings is 1. The molecule has 37 heavy (non-hydrogen) atoms. The maximum absolute atomic E-state index is 15.0. The van der Waals surface area contributed by atoms with Gasteiger partial charge in [0.1, 0.15) is 10.8 Å². The largest absolute Gasteiger partial charge is 0.483 e. The Morgan fingerprint density at radius 2 is 2.03 bits per heavy atom. The zero-order chi connectivity index (χ0) is 27.4. The van der Waals surface area contributed by atoms with Crippen molar-refractivity contribution in [2.75, 3.05) is 26.3 Å². The maximum atomic E-state index is 15.0. The second-order valence-electron chi connectivity index (χ2n) is 11.7. The van der Waals surface area contributed by atoms with Crippen LogP contribution in [-0.2, 0) is 16.1 Å². The average Bonchev–Trinajstić information content (AvgIpc) is 3.21. The Morgan fingerprint density at radius 3 is 2.59 bits per heavy atom. The monoisotopic (exact) mass is 542 g/mol. The van der Waals surface area contributed by atoms with Gasteiger partial charge in [-0.05, 0) is 48.6 Å². The predicted octanol–water partition coefficient (Wildman–Crippen LogP) is 6.42. The first-order valence-corrected chi connectivity index (χ1v) is 13.1. The van der Waals surface area contributed by atoms with Gasteiger partial charge in [0.25, 0.3) is 6.47 Å². The summed E-state index contributed by atoms with van der Waals surface area (Å²) in [6.45, 7) is 10.6. The first-order chi connectivity index (χ1) is 17.3. The highest BCUT2D eigenvalue weighted by molar-refractivity contribution is 7.15. The topological polar surface area (TPSA) is 71.9 Å². The van der Waals surface area contributed by atoms with Gasteiger partial charge in [0.15, 0.2) is 5.67 Å². The van der Waals surface area contributed by atoms with Crippen molar-refractivity contribution in [2.45, 2.75) is 66.3 Å². The van der Waals surface area contributed by atoms with Gasteiger partial charge in [-0.25, -0.2) is 9.37 Å². The molecule has 2 aliphatic heterocycles. The standard InChI is InChI=1S/C26H35F3N2O2S.CH2O2/c1-17-6-7-21(33-23(27)28)20(8-17)22-30-10-19(34-22)12-31-11-18(24(2,3)4)9-25(5,14-31)13-26(29)15-32-16-26;2-1-3/h6-8,10,18,23H,9,11-16H2,1-5H3;1H,(H,2,3). The predicted molar refractivity (Wildman–Crippen MR) is 138 cm³/mol. The molecular weight excluding hydrogens is 505 g/mol. The molecule has 0 saturated carbocycles. The van der Waals surface area contributed by atoms with Crippen molar-refractivity contribution >= 4 is 17.8 Å². The van der Waals surface area contributed by atoms with Gasteiger partial charge in [0.2, 0.25) is 0 Å². The van der Waals surface area contributed by atoms with E-state index in [1.807, 2.05) is 19.2 Å². The molecule has 0 aliphatic carbocycles. The van der Waals surface area contributed by atoms with Crippen LogP contribution in [0.25, 0.3) is 10.6 Å². The molecule has 0 radical (unpaired) electrons. The van der Waals surface area contributed by atoms with E-state index in [1.54, 1.807) is 12.1 Å². The van der Waals surface area contributed by atoms with Crippen molar-refractivity contribution in [2.24, 2.45) is 16.7 Å². The smallest absolute Gasteiger partial charge is 0.387 e. The minimum atomic E-state index is -2.89. The molecule has 0 spiro atoms. The summed E-state index contributed by atoms with van der Waals surface area (Å²) in [5.41, 5.74) is 0.285. The van der Waals surface area contributed by atoms with E-state index in [-0.39, 0.29) is 36.3 Å². The number of aromatic nitrogens is 1. The summed E-state index contributed by atoms with van der Waals surface area (Å²) in [6, 6.07) is 5.15. The van der Waals surface area contributed by atoms with Gasteiger partial charge in [0.05, 0.1) is 18.8 Å². The maximum Gasteiger partial charge on any atom is 0.387 e. The Labute approximate surface area is 220 Å². The lowest BCUT2D eigenvalue weighted by atomic mass is 9.64. The average molecular weight is 543 g/mol. The van der Waals surface area contributed by atoms with E-state index in [2.05, 4.69) is 37.6 Å². The number of piperidine rings is 1. The third-order valence-electron chi connectivity index (χ3n) is 7.03. The number of rotatable bonds is 7. The Balaban J connectivity index is 0.00000121. The van der Waals surface area contributed by atoms with Gasteiger partial charge in [-0.2, -0.15) is 8.78 Å². The van der Waals surface area contributed by atoms with E-state index in [0.717, 1.165) is 30.0 Å². The number of hydrogen-bond donors (Lipinski definition) is 1. The van der Waals surface area contributed by atoms with Gasteiger partial charge >= 0.3 is 6.61 Å². The molecule has 0 bridgehead atoms. The molecule has 2 aromatic rings. The zero-order valence-corrected chi connectivity index (χ0v) is 22.9. The summed E-state index contributed by atoms with van der Waals surface area (Å²) >= 11 is 1.50. The summed E-state index contributed by atoms with van der Waals surface area (Å²) in [5, 5.41) is 7.55. The van der Waals surface area contributed by atoms with Crippen molar-refractivity contribution in [3.05, 3.63) is 34.8 Å². The molecule has 2 saturated heterocycles. The highest BCUT2D eigenvalue weighted by Gasteiger charge is 2.49. The Bertz CT molecular complexity index is 1050. The summed E-state index contributed by atoms with van der Waals surface area (Å²) in [5.74, 6) is 0.571. The minimum Gasteiger partial charge on any atom is -0.483 e. The molecule has 2 atom stereocenters. The lowest BCUT2D eigenvalue weighted by molar-refractivity contribution is -0.157. The summed E-state index contributed by atoms with van der Waals surface area (Å²) < 4.78 is 50.8. The van der Waals surface area contributed by atoms with Crippen LogP contribution in [0.4, 0.5) is 13.2 Å². The van der Waals surface area contributed by atoms with Gasteiger partial charge in [-0.1, -0.05) is 39.3 Å². The number of carboxylic acid groups (broad SMARTS) is 1. The van der Waals surface area contributed by atoms with Crippen LogP contribution in [0.2, 0.25) is 0 Å². The number of aryl methyl sites for hydroxylation is 1. The van der Waals surface area contributed by atoms with Crippen LogP contribution in [0.15, 0.2) is 24.4 Å². The minimum absolute atomic E-state index is 0.113. The second-order valence-corrected chi connectivity index (χ2v) is 12.8. The van der Waals surface area contributed by atoms with E-state index in [4.69, 9.17) is 19.4 Å². The van der Waals surface area contributed by atoms with Crippen molar-refractivity contribution in [3.63, 3.8) is 0 Å². The van der Waals surface area contributed by atoms with Crippen LogP contribution in [0.3, 0.4) is 0 Å². The molecule has 0 amide bonds. The summed E-state index contributed by atoms with van der Waals surface area (Å²) in [7, 11) is 0. The molecule has 3 heterocycles. The molecule has 1 N–H and O–H groups in total. The second kappa shape index (κ2) is 11.7. The quantitative estimate of drug-likeness (QED) is 0.407. The van der Waals surface area contributed by atoms with Crippen LogP contribution in [0.5, 0.6) is 5.75 Å². The third-order valence-corrected chi connectivity index (χ3v) is 8.04. The fourth-order valence-corrected chi connectivity index (χ4v) is 6.37. The zero-order valence-electron chi connectivity index (χ0n) is 22.1. The van der Waals surface area contributed by atoms with E-state index in [0.29, 0.717) is 29.5 Å². The van der Waals surface area contributed by atoms with Crippen molar-refractivity contribution in [1.29, 1.82) is 0 Å². The van der Waals surface area contributed by atoms with E-state index in [1.165, 1.54) is 11.3 Å². The molecule has 206 valence electrons. The molecular formula is C27H37F3N2O4S. The fraction of sp³-hybridized carbons (Fsp3) is 0.630. The van der Waals surface area contributed by atoms with Crippen LogP contribution >= 0.6 is 11.3 Å². The SMILES string of the molecule is Cc1ccc(OC(F)F)c(-c2ncc(CN3CC(C(C)(C)C)CC(C)(CC4(F)COC4)C3)s2)c1.O=CO. The van der Waals surface area contributed by atoms with E-state index >= 15 is 4.39 Å². The van der Waals surface area contributed by atoms with Crippen LogP contribution in [0, 0.1) is 23.7 Å². The van der Waals surface area contributed by atoms with Crippen molar-refractivity contribution in [3.8, 4) is 16.3 Å². The molecule has 6 nitrogen and oxygen atoms in total. The third kappa shape index (κ3) is 7.91. The number of nitrogens with zero attached hydrogens (tertiary/aromatic N) is 2. The molecule has 2 aliphatic rings. The first kappa shape index (κ1) is 29.4. The number of ether oxygens (including phenoxy) is 2. The lowest BCUT2D eigenvalue weighted by Gasteiger charge is -2.51. The fourth-order valence-electron chi connectivity index (χ4n) is 5.39. The lowest BCUT2D eigenvalue weighted by Crippen LogP contribution is -2.55. The Morgan fingerprint density at radius 1 is 1.35 bits per heavy atom. The highest BCUT2D eigenvalue weighted by atomic mass is 32.1. The highest BCUT2D eigenvalue weighted by Crippen LogP contribution is 2.47. The first-order valence-electron chi connectivity index (χ1n) is 12.3. The normalized spacial score (nSPS) is 23.6. The van der Waals surface area contributed by atoms with Crippen LogP contribution in [-0.4, -0.2) is 60.0 Å².